The zero-order chi connectivity index (χ0) is 17.3. The number of nitrogens with zero attached hydrogens (tertiary/aromatic N) is 1. The van der Waals surface area contributed by atoms with Crippen LogP contribution in [0.1, 0.15) is 70.6 Å². The summed E-state index contributed by atoms with van der Waals surface area (Å²) in [4.78, 5) is 0. The summed E-state index contributed by atoms with van der Waals surface area (Å²) in [5.74, 6) is 3.10. The number of hydrogen-bond acceptors (Lipinski definition) is 2. The van der Waals surface area contributed by atoms with Crippen molar-refractivity contribution in [2.24, 2.45) is 23.2 Å². The second kappa shape index (κ2) is 7.48. The molecule has 0 aromatic carbocycles. The van der Waals surface area contributed by atoms with Gasteiger partial charge in [-0.2, -0.15) is 0 Å². The summed E-state index contributed by atoms with van der Waals surface area (Å²) in [7, 11) is 2.32. The molecule has 1 saturated heterocycles. The Kier molecular flexibility index (Phi) is 5.46. The van der Waals surface area contributed by atoms with Gasteiger partial charge in [-0.1, -0.05) is 0 Å². The summed E-state index contributed by atoms with van der Waals surface area (Å²) < 4.78 is 7.03. The monoisotopic (exact) mass is 350 g/mol. The summed E-state index contributed by atoms with van der Waals surface area (Å²) in [5.41, 5.74) is 0.614. The maximum absolute atomic E-state index is 10.5. The number of quaternary nitrogens is 1. The minimum absolute atomic E-state index is 0.292. The van der Waals surface area contributed by atoms with Crippen LogP contribution in [-0.4, -0.2) is 55.6 Å². The molecule has 25 heavy (non-hydrogen) atoms. The molecule has 4 bridgehead atoms. The van der Waals surface area contributed by atoms with Crippen molar-refractivity contribution in [2.45, 2.75) is 76.7 Å². The average molecular weight is 351 g/mol. The Hall–Kier alpha value is -0.120. The third-order valence-corrected chi connectivity index (χ3v) is 8.05. The maximum atomic E-state index is 10.5. The number of aliphatic hydroxyl groups excluding tert-OH is 1. The zero-order valence-electron chi connectivity index (χ0n) is 16.4. The predicted molar refractivity (Wildman–Crippen MR) is 101 cm³/mol. The van der Waals surface area contributed by atoms with E-state index in [2.05, 4.69) is 7.05 Å². The first-order chi connectivity index (χ1) is 12.0. The van der Waals surface area contributed by atoms with E-state index in [0.29, 0.717) is 12.0 Å². The first-order valence-electron chi connectivity index (χ1n) is 11.1. The summed E-state index contributed by atoms with van der Waals surface area (Å²) in [6.45, 7) is 4.74. The Labute approximate surface area is 154 Å². The van der Waals surface area contributed by atoms with Gasteiger partial charge in [0, 0.05) is 6.61 Å². The van der Waals surface area contributed by atoms with Gasteiger partial charge in [-0.15, -0.1) is 0 Å². The Morgan fingerprint density at radius 3 is 2.08 bits per heavy atom. The van der Waals surface area contributed by atoms with Crippen LogP contribution in [0.2, 0.25) is 0 Å². The molecule has 0 unspecified atom stereocenters. The van der Waals surface area contributed by atoms with E-state index in [1.807, 2.05) is 0 Å². The van der Waals surface area contributed by atoms with E-state index < -0.39 is 0 Å². The fourth-order valence-corrected chi connectivity index (χ4v) is 7.30. The molecule has 0 amide bonds. The lowest BCUT2D eigenvalue weighted by atomic mass is 9.49. The van der Waals surface area contributed by atoms with Crippen LogP contribution in [0.3, 0.4) is 0 Å². The zero-order valence-corrected chi connectivity index (χ0v) is 16.4. The quantitative estimate of drug-likeness (QED) is 0.556. The van der Waals surface area contributed by atoms with Gasteiger partial charge in [0.15, 0.2) is 0 Å². The Balaban J connectivity index is 1.18. The molecule has 1 aliphatic heterocycles. The van der Waals surface area contributed by atoms with Gasteiger partial charge in [-0.05, 0) is 93.8 Å². The van der Waals surface area contributed by atoms with E-state index in [1.54, 1.807) is 0 Å². The molecule has 144 valence electrons. The fraction of sp³-hybridized carbons (Fsp3) is 1.00. The Bertz CT molecular complexity index is 406. The highest BCUT2D eigenvalue weighted by Crippen LogP contribution is 2.61. The molecule has 0 radical (unpaired) electrons. The first kappa shape index (κ1) is 18.3. The third-order valence-electron chi connectivity index (χ3n) is 8.05. The number of hydrogen-bond donors (Lipinski definition) is 1. The normalized spacial score (nSPS) is 40.8. The average Bonchev–Trinajstić information content (AvgIpc) is 2.75. The van der Waals surface area contributed by atoms with Gasteiger partial charge in [-0.25, -0.2) is 0 Å². The molecule has 3 nitrogen and oxygen atoms in total. The van der Waals surface area contributed by atoms with E-state index in [-0.39, 0.29) is 6.10 Å². The lowest BCUT2D eigenvalue weighted by molar-refractivity contribution is -0.911. The van der Waals surface area contributed by atoms with E-state index in [1.165, 1.54) is 83.7 Å². The lowest BCUT2D eigenvalue weighted by Gasteiger charge is -2.57. The molecule has 4 aliphatic carbocycles. The molecule has 5 rings (SSSR count). The molecule has 0 spiro atoms. The largest absolute Gasteiger partial charge is 0.385 e. The standard InChI is InChI=1S/C22H40NO2/c1-23(7-4-2-3-5-8-23)16-21(24)17-25-9-6-22-13-18-10-19(14-22)12-20(11-18)15-22/h18-21,24H,2-17H2,1H3/q+1/t18?,19?,20?,21-,22?/m1/s1. The van der Waals surface area contributed by atoms with Crippen molar-refractivity contribution in [3.05, 3.63) is 0 Å². The van der Waals surface area contributed by atoms with Crippen molar-refractivity contribution in [1.29, 1.82) is 0 Å². The van der Waals surface area contributed by atoms with Crippen molar-refractivity contribution in [3.8, 4) is 0 Å². The van der Waals surface area contributed by atoms with Gasteiger partial charge in [0.25, 0.3) is 0 Å². The lowest BCUT2D eigenvalue weighted by Crippen LogP contribution is -2.50. The molecule has 3 heteroatoms. The van der Waals surface area contributed by atoms with Crippen molar-refractivity contribution < 1.29 is 14.3 Å². The van der Waals surface area contributed by atoms with Crippen molar-refractivity contribution in [3.63, 3.8) is 0 Å². The SMILES string of the molecule is C[N+]1(C[C@@H](O)COCCC23CC4CC(CC(C4)C2)C3)CCCCCC1. The fourth-order valence-electron chi connectivity index (χ4n) is 7.30. The minimum atomic E-state index is -0.292. The minimum Gasteiger partial charge on any atom is -0.385 e. The van der Waals surface area contributed by atoms with Gasteiger partial charge < -0.3 is 14.3 Å². The Morgan fingerprint density at radius 1 is 0.960 bits per heavy atom. The summed E-state index contributed by atoms with van der Waals surface area (Å²) in [6, 6.07) is 0. The van der Waals surface area contributed by atoms with Crippen LogP contribution in [0.25, 0.3) is 0 Å². The number of aliphatic hydroxyl groups is 1. The molecule has 1 heterocycles. The van der Waals surface area contributed by atoms with Crippen LogP contribution in [-0.2, 0) is 4.74 Å². The number of likely N-dealkylation sites (tertiary alicyclic amines) is 1. The Morgan fingerprint density at radius 2 is 1.52 bits per heavy atom. The van der Waals surface area contributed by atoms with Gasteiger partial charge in [-0.3, -0.25) is 0 Å². The number of rotatable bonds is 7. The van der Waals surface area contributed by atoms with E-state index in [4.69, 9.17) is 4.74 Å². The molecule has 1 N–H and O–H groups in total. The molecule has 5 aliphatic rings. The van der Waals surface area contributed by atoms with Crippen LogP contribution in [0.4, 0.5) is 0 Å². The van der Waals surface area contributed by atoms with E-state index in [0.717, 1.165) is 35.4 Å². The second-order valence-electron chi connectivity index (χ2n) is 10.6. The van der Waals surface area contributed by atoms with Gasteiger partial charge in [0.2, 0.25) is 0 Å². The van der Waals surface area contributed by atoms with Crippen LogP contribution in [0, 0.1) is 23.2 Å². The highest BCUT2D eigenvalue weighted by Gasteiger charge is 2.50. The summed E-state index contributed by atoms with van der Waals surface area (Å²) >= 11 is 0. The van der Waals surface area contributed by atoms with Crippen LogP contribution in [0.15, 0.2) is 0 Å². The number of likely N-dealkylation sites (N-methyl/N-ethyl adjacent to an activating group) is 1. The van der Waals surface area contributed by atoms with Crippen molar-refractivity contribution in [2.75, 3.05) is 39.9 Å². The predicted octanol–water partition coefficient (Wildman–Crippen LogP) is 3.99. The third kappa shape index (κ3) is 4.42. The molecular weight excluding hydrogens is 310 g/mol. The maximum Gasteiger partial charge on any atom is 0.126 e. The molecular formula is C22H40NO2+. The van der Waals surface area contributed by atoms with Crippen molar-refractivity contribution in [1.82, 2.24) is 0 Å². The summed E-state index contributed by atoms with van der Waals surface area (Å²) in [5, 5.41) is 10.5. The van der Waals surface area contributed by atoms with Crippen LogP contribution in [0.5, 0.6) is 0 Å². The van der Waals surface area contributed by atoms with Crippen LogP contribution < -0.4 is 0 Å². The van der Waals surface area contributed by atoms with Crippen molar-refractivity contribution >= 4 is 0 Å². The first-order valence-corrected chi connectivity index (χ1v) is 11.1. The number of ether oxygens (including phenoxy) is 1. The summed E-state index contributed by atoms with van der Waals surface area (Å²) in [6.07, 6.45) is 15.3. The van der Waals surface area contributed by atoms with Gasteiger partial charge >= 0.3 is 0 Å². The highest BCUT2D eigenvalue weighted by atomic mass is 16.5. The molecule has 0 aromatic heterocycles. The van der Waals surface area contributed by atoms with Gasteiger partial charge in [0.05, 0.1) is 26.7 Å². The molecule has 0 aromatic rings. The molecule has 4 saturated carbocycles. The molecule has 1 atom stereocenters. The second-order valence-corrected chi connectivity index (χ2v) is 10.6. The smallest absolute Gasteiger partial charge is 0.126 e. The topological polar surface area (TPSA) is 29.5 Å². The highest BCUT2D eigenvalue weighted by molar-refractivity contribution is 5.01. The van der Waals surface area contributed by atoms with Gasteiger partial charge in [0.1, 0.15) is 12.6 Å². The van der Waals surface area contributed by atoms with E-state index >= 15 is 0 Å². The van der Waals surface area contributed by atoms with E-state index in [9.17, 15) is 5.11 Å². The van der Waals surface area contributed by atoms with Crippen LogP contribution >= 0.6 is 0 Å². The molecule has 5 fully saturated rings.